The number of furan rings is 1. The fourth-order valence-corrected chi connectivity index (χ4v) is 2.32. The molecule has 0 bridgehead atoms. The third-order valence-corrected chi connectivity index (χ3v) is 3.92. The Morgan fingerprint density at radius 2 is 2.00 bits per heavy atom. The first-order valence-electron chi connectivity index (χ1n) is 3.46. The van der Waals surface area contributed by atoms with Gasteiger partial charge in [-0.2, -0.15) is 0 Å². The quantitative estimate of drug-likeness (QED) is 0.769. The average molecular weight is 252 g/mol. The third kappa shape index (κ3) is 1.37. The van der Waals surface area contributed by atoms with Crippen LogP contribution < -0.4 is 0 Å². The Hall–Kier alpha value is -0.780. The number of hydrogen-bond donors (Lipinski definition) is 0. The zero-order valence-electron chi connectivity index (χ0n) is 6.57. The van der Waals surface area contributed by atoms with Crippen LogP contribution >= 0.6 is 23.2 Å². The van der Waals surface area contributed by atoms with Crippen LogP contribution in [-0.2, 0) is 9.84 Å². The minimum Gasteiger partial charge on any atom is -0.442 e. The largest absolute Gasteiger partial charge is 0.442 e. The number of sulfone groups is 1. The van der Waals surface area contributed by atoms with E-state index in [2.05, 4.69) is 4.99 Å². The van der Waals surface area contributed by atoms with E-state index in [0.717, 1.165) is 6.20 Å². The summed E-state index contributed by atoms with van der Waals surface area (Å²) in [6, 6.07) is 2.85. The molecular weight excluding hydrogens is 249 g/mol. The molecule has 0 atom stereocenters. The molecule has 0 aromatic carbocycles. The van der Waals surface area contributed by atoms with Crippen LogP contribution in [0.3, 0.4) is 0 Å². The molecule has 0 N–H and O–H groups in total. The lowest BCUT2D eigenvalue weighted by atomic mass is 10.5. The van der Waals surface area contributed by atoms with Gasteiger partial charge in [0.15, 0.2) is 15.3 Å². The molecule has 0 amide bonds. The van der Waals surface area contributed by atoms with Crippen LogP contribution in [0.1, 0.15) is 5.76 Å². The first-order chi connectivity index (χ1) is 6.51. The highest BCUT2D eigenvalue weighted by molar-refractivity contribution is 8.11. The lowest BCUT2D eigenvalue weighted by Crippen LogP contribution is -2.11. The second kappa shape index (κ2) is 3.12. The van der Waals surface area contributed by atoms with E-state index >= 15 is 0 Å². The maximum Gasteiger partial charge on any atom is 0.239 e. The second-order valence-electron chi connectivity index (χ2n) is 2.47. The molecule has 0 aliphatic carbocycles. The van der Waals surface area contributed by atoms with Crippen molar-refractivity contribution in [3.8, 4) is 0 Å². The van der Waals surface area contributed by atoms with Crippen LogP contribution in [0.4, 0.5) is 0 Å². The predicted octanol–water partition coefficient (Wildman–Crippen LogP) is 2.15. The van der Waals surface area contributed by atoms with Crippen LogP contribution in [0.2, 0.25) is 5.22 Å². The normalized spacial score (nSPS) is 19.3. The second-order valence-corrected chi connectivity index (χ2v) is 5.31. The zero-order valence-corrected chi connectivity index (χ0v) is 8.90. The summed E-state index contributed by atoms with van der Waals surface area (Å²) in [5.41, 5.74) is 0. The van der Waals surface area contributed by atoms with E-state index in [0.29, 0.717) is 0 Å². The summed E-state index contributed by atoms with van der Waals surface area (Å²) in [5.74, 6) is 0.0851. The molecule has 1 aromatic heterocycles. The molecule has 14 heavy (non-hydrogen) atoms. The lowest BCUT2D eigenvalue weighted by Gasteiger charge is -1.95. The summed E-state index contributed by atoms with van der Waals surface area (Å²) in [7, 11) is -3.68. The molecule has 7 heteroatoms. The van der Waals surface area contributed by atoms with Crippen LogP contribution in [-0.4, -0.2) is 13.5 Å². The molecule has 0 saturated carbocycles. The fraction of sp³-hybridized carbons (Fsp3) is 0. The van der Waals surface area contributed by atoms with Gasteiger partial charge in [0.25, 0.3) is 0 Å². The van der Waals surface area contributed by atoms with Gasteiger partial charge in [-0.05, 0) is 23.7 Å². The Kier molecular flexibility index (Phi) is 2.17. The molecule has 4 nitrogen and oxygen atoms in total. The average Bonchev–Trinajstić information content (AvgIpc) is 2.60. The standard InChI is InChI=1S/C7H3Cl2NO3S/c8-5-2-1-4(13-5)7-10-3-6(9)14(7,11)12/h1-3H. The van der Waals surface area contributed by atoms with E-state index in [-0.39, 0.29) is 20.4 Å². The summed E-state index contributed by atoms with van der Waals surface area (Å²) < 4.78 is 27.5. The lowest BCUT2D eigenvalue weighted by molar-refractivity contribution is 0.560. The number of hydrogen-bond acceptors (Lipinski definition) is 4. The monoisotopic (exact) mass is 251 g/mol. The van der Waals surface area contributed by atoms with Gasteiger partial charge in [0, 0.05) is 0 Å². The van der Waals surface area contributed by atoms with Gasteiger partial charge in [-0.15, -0.1) is 0 Å². The van der Waals surface area contributed by atoms with E-state index in [1.807, 2.05) is 0 Å². The fourth-order valence-electron chi connectivity index (χ4n) is 0.966. The van der Waals surface area contributed by atoms with Crippen molar-refractivity contribution in [2.45, 2.75) is 0 Å². The highest BCUT2D eigenvalue weighted by Crippen LogP contribution is 2.26. The van der Waals surface area contributed by atoms with E-state index in [1.54, 1.807) is 0 Å². The molecule has 1 aromatic rings. The summed E-state index contributed by atoms with van der Waals surface area (Å²) in [6.45, 7) is 0. The Balaban J connectivity index is 2.51. The number of rotatable bonds is 1. The zero-order chi connectivity index (χ0) is 10.3. The molecular formula is C7H3Cl2NO3S. The Morgan fingerprint density at radius 1 is 1.29 bits per heavy atom. The Bertz CT molecular complexity index is 541. The van der Waals surface area contributed by atoms with Crippen molar-refractivity contribution in [2.24, 2.45) is 4.99 Å². The van der Waals surface area contributed by atoms with Crippen molar-refractivity contribution < 1.29 is 12.8 Å². The molecule has 2 rings (SSSR count). The highest BCUT2D eigenvalue weighted by atomic mass is 35.5. The van der Waals surface area contributed by atoms with E-state index in [9.17, 15) is 8.42 Å². The number of nitrogens with zero attached hydrogens (tertiary/aromatic N) is 1. The number of halogens is 2. The number of aliphatic imine (C=N–C) groups is 1. The SMILES string of the molecule is O=S1(=O)C(Cl)=CN=C1c1ccc(Cl)o1. The molecule has 0 unspecified atom stereocenters. The summed E-state index contributed by atoms with van der Waals surface area (Å²) >= 11 is 10.9. The smallest absolute Gasteiger partial charge is 0.239 e. The third-order valence-electron chi connectivity index (χ3n) is 1.58. The van der Waals surface area contributed by atoms with Gasteiger partial charge < -0.3 is 4.42 Å². The van der Waals surface area contributed by atoms with Crippen molar-refractivity contribution in [1.82, 2.24) is 0 Å². The van der Waals surface area contributed by atoms with Crippen molar-refractivity contribution in [3.63, 3.8) is 0 Å². The van der Waals surface area contributed by atoms with E-state index < -0.39 is 9.84 Å². The van der Waals surface area contributed by atoms with Crippen LogP contribution in [0.5, 0.6) is 0 Å². The maximum absolute atomic E-state index is 11.5. The molecule has 0 spiro atoms. The van der Waals surface area contributed by atoms with Crippen molar-refractivity contribution in [2.75, 3.05) is 0 Å². The Labute approximate surface area is 89.8 Å². The molecule has 2 heterocycles. The summed E-state index contributed by atoms with van der Waals surface area (Å²) in [4.78, 5) is 3.64. The van der Waals surface area contributed by atoms with E-state index in [1.165, 1.54) is 12.1 Å². The molecule has 74 valence electrons. The van der Waals surface area contributed by atoms with Gasteiger partial charge >= 0.3 is 0 Å². The van der Waals surface area contributed by atoms with Gasteiger partial charge in [-0.25, -0.2) is 13.4 Å². The van der Waals surface area contributed by atoms with E-state index in [4.69, 9.17) is 27.6 Å². The first kappa shape index (κ1) is 9.76. The van der Waals surface area contributed by atoms with Gasteiger partial charge in [-0.1, -0.05) is 11.6 Å². The van der Waals surface area contributed by atoms with Crippen molar-refractivity contribution in [3.05, 3.63) is 33.7 Å². The molecule has 1 aliphatic heterocycles. The molecule has 1 aliphatic rings. The van der Waals surface area contributed by atoms with Crippen LogP contribution in [0, 0.1) is 0 Å². The Morgan fingerprint density at radius 3 is 2.43 bits per heavy atom. The summed E-state index contributed by atoms with van der Waals surface area (Å²) in [5, 5.41) is -0.115. The van der Waals surface area contributed by atoms with Crippen LogP contribution in [0.25, 0.3) is 0 Å². The minimum absolute atomic E-state index is 0.0851. The van der Waals surface area contributed by atoms with Gasteiger partial charge in [0.05, 0.1) is 6.20 Å². The predicted molar refractivity (Wildman–Crippen MR) is 53.1 cm³/mol. The van der Waals surface area contributed by atoms with Crippen LogP contribution in [0.15, 0.2) is 32.1 Å². The van der Waals surface area contributed by atoms with Crippen molar-refractivity contribution in [1.29, 1.82) is 0 Å². The topological polar surface area (TPSA) is 59.6 Å². The minimum atomic E-state index is -3.68. The van der Waals surface area contributed by atoms with Gasteiger partial charge in [-0.3, -0.25) is 0 Å². The summed E-state index contributed by atoms with van der Waals surface area (Å²) in [6.07, 6.45) is 1.06. The molecule has 0 saturated heterocycles. The maximum atomic E-state index is 11.5. The van der Waals surface area contributed by atoms with Gasteiger partial charge in [0.2, 0.25) is 14.9 Å². The van der Waals surface area contributed by atoms with Crippen molar-refractivity contribution >= 4 is 38.1 Å². The highest BCUT2D eigenvalue weighted by Gasteiger charge is 2.31. The first-order valence-corrected chi connectivity index (χ1v) is 5.70. The molecule has 0 fully saturated rings. The van der Waals surface area contributed by atoms with Gasteiger partial charge in [0.1, 0.15) is 0 Å². The molecule has 0 radical (unpaired) electrons.